The third-order valence-corrected chi connectivity index (χ3v) is 1.21. The van der Waals surface area contributed by atoms with E-state index in [1.54, 1.807) is 0 Å². The Balaban J connectivity index is 2.96. The van der Waals surface area contributed by atoms with Crippen LogP contribution in [0.4, 0.5) is 0 Å². The van der Waals surface area contributed by atoms with Gasteiger partial charge in [-0.15, -0.1) is 0 Å². The van der Waals surface area contributed by atoms with Gasteiger partial charge in [-0.1, -0.05) is 0 Å². The first-order valence-corrected chi connectivity index (χ1v) is 3.31. The Kier molecular flexibility index (Phi) is 5.46. The normalized spacial score (nSPS) is 13.1. The molecule has 0 unspecified atom stereocenters. The molecule has 1 atom stereocenters. The van der Waals surface area contributed by atoms with Gasteiger partial charge in [0.25, 0.3) is 0 Å². The predicted molar refractivity (Wildman–Crippen MR) is 35.6 cm³/mol. The van der Waals surface area contributed by atoms with E-state index in [0.717, 1.165) is 32.1 Å². The van der Waals surface area contributed by atoms with Crippen molar-refractivity contribution in [3.05, 3.63) is 0 Å². The smallest absolute Gasteiger partial charge is 0.136 e. The van der Waals surface area contributed by atoms with Gasteiger partial charge in [0.15, 0.2) is 0 Å². The van der Waals surface area contributed by atoms with E-state index in [2.05, 4.69) is 5.73 Å². The molecule has 3 heteroatoms. The summed E-state index contributed by atoms with van der Waals surface area (Å²) in [5.41, 5.74) is 9.00. The highest BCUT2D eigenvalue weighted by Crippen LogP contribution is 1.93. The number of rotatable bonds is 5. The summed E-state index contributed by atoms with van der Waals surface area (Å²) in [6.45, 7) is 0.936. The Morgan fingerprint density at radius 2 is 2.22 bits per heavy atom. The Bertz CT molecular complexity index is 75.5. The fourth-order valence-corrected chi connectivity index (χ4v) is 0.625. The molecule has 0 heterocycles. The van der Waals surface area contributed by atoms with Crippen molar-refractivity contribution < 1.29 is 10.5 Å². The first kappa shape index (κ1) is 8.59. The summed E-state index contributed by atoms with van der Waals surface area (Å²) >= 11 is 0. The van der Waals surface area contributed by atoms with E-state index in [1.807, 2.05) is 0 Å². The van der Waals surface area contributed by atoms with E-state index in [4.69, 9.17) is 5.73 Å². The van der Waals surface area contributed by atoms with Crippen LogP contribution in [0, 0.1) is 0 Å². The van der Waals surface area contributed by atoms with Crippen molar-refractivity contribution in [1.82, 2.24) is 0 Å². The van der Waals surface area contributed by atoms with Crippen molar-refractivity contribution in [1.29, 1.82) is 0 Å². The maximum Gasteiger partial charge on any atom is 0.136 e. The van der Waals surface area contributed by atoms with Crippen molar-refractivity contribution in [3.8, 4) is 0 Å². The number of quaternary nitrogens is 1. The van der Waals surface area contributed by atoms with Gasteiger partial charge in [0, 0.05) is 0 Å². The number of carbonyl (C=O) groups is 1. The van der Waals surface area contributed by atoms with Gasteiger partial charge < -0.3 is 16.3 Å². The average Bonchev–Trinajstić information content (AvgIpc) is 1.89. The standard InChI is InChI=1S/C6H14N2O/c7-4-2-1-3-6(8)5-9/h5-6H,1-4,7-8H2/p+1/t6-/m0/s1. The summed E-state index contributed by atoms with van der Waals surface area (Å²) in [4.78, 5) is 9.96. The molecule has 0 aliphatic heterocycles. The third kappa shape index (κ3) is 5.46. The molecule has 0 aromatic carbocycles. The van der Waals surface area contributed by atoms with Crippen LogP contribution in [0.15, 0.2) is 0 Å². The average molecular weight is 131 g/mol. The van der Waals surface area contributed by atoms with E-state index in [1.165, 1.54) is 0 Å². The highest BCUT2D eigenvalue weighted by molar-refractivity contribution is 5.56. The quantitative estimate of drug-likeness (QED) is 0.368. The molecule has 0 aromatic heterocycles. The fourth-order valence-electron chi connectivity index (χ4n) is 0.625. The van der Waals surface area contributed by atoms with Crippen LogP contribution in [0.5, 0.6) is 0 Å². The zero-order valence-corrected chi connectivity index (χ0v) is 5.68. The lowest BCUT2D eigenvalue weighted by atomic mass is 10.1. The number of unbranched alkanes of at least 4 members (excludes halogenated alkanes) is 1. The van der Waals surface area contributed by atoms with Gasteiger partial charge >= 0.3 is 0 Å². The molecule has 0 aliphatic carbocycles. The van der Waals surface area contributed by atoms with E-state index < -0.39 is 0 Å². The zero-order valence-electron chi connectivity index (χ0n) is 5.68. The van der Waals surface area contributed by atoms with Gasteiger partial charge in [-0.3, -0.25) is 0 Å². The third-order valence-electron chi connectivity index (χ3n) is 1.21. The molecule has 0 spiro atoms. The summed E-state index contributed by atoms with van der Waals surface area (Å²) in [5, 5.41) is 0. The number of carbonyl (C=O) groups excluding carboxylic acids is 1. The largest absolute Gasteiger partial charge is 0.358 e. The predicted octanol–water partition coefficient (Wildman–Crippen LogP) is -1.08. The van der Waals surface area contributed by atoms with Crippen LogP contribution in [0.1, 0.15) is 19.3 Å². The van der Waals surface area contributed by atoms with Gasteiger partial charge in [0.1, 0.15) is 6.29 Å². The van der Waals surface area contributed by atoms with E-state index in [9.17, 15) is 4.79 Å². The second kappa shape index (κ2) is 5.72. The molecule has 0 saturated heterocycles. The van der Waals surface area contributed by atoms with Crippen molar-refractivity contribution in [2.24, 2.45) is 5.73 Å². The number of hydrogen-bond donors (Lipinski definition) is 2. The molecule has 54 valence electrons. The molecule has 0 aliphatic rings. The van der Waals surface area contributed by atoms with Crippen LogP contribution in [0.25, 0.3) is 0 Å². The van der Waals surface area contributed by atoms with Crippen LogP contribution < -0.4 is 11.5 Å². The van der Waals surface area contributed by atoms with Gasteiger partial charge in [-0.2, -0.15) is 0 Å². The number of aldehydes is 1. The molecule has 0 amide bonds. The van der Waals surface area contributed by atoms with E-state index in [-0.39, 0.29) is 6.04 Å². The highest BCUT2D eigenvalue weighted by Gasteiger charge is 1.97. The zero-order chi connectivity index (χ0) is 7.11. The highest BCUT2D eigenvalue weighted by atomic mass is 16.1. The van der Waals surface area contributed by atoms with Gasteiger partial charge in [0.2, 0.25) is 0 Å². The van der Waals surface area contributed by atoms with Crippen molar-refractivity contribution in [2.45, 2.75) is 25.3 Å². The lowest BCUT2D eigenvalue weighted by molar-refractivity contribution is -0.368. The molecule has 5 N–H and O–H groups in total. The molecule has 0 aromatic rings. The Hall–Kier alpha value is -0.410. The Morgan fingerprint density at radius 3 is 2.67 bits per heavy atom. The minimum atomic E-state index is -0.253. The Morgan fingerprint density at radius 1 is 1.56 bits per heavy atom. The summed E-state index contributed by atoms with van der Waals surface area (Å²) in [6.07, 6.45) is 3.69. The monoisotopic (exact) mass is 131 g/mol. The number of hydrogen-bond acceptors (Lipinski definition) is 2. The van der Waals surface area contributed by atoms with Crippen molar-refractivity contribution >= 4 is 6.29 Å². The molecule has 9 heavy (non-hydrogen) atoms. The van der Waals surface area contributed by atoms with Gasteiger partial charge in [0.05, 0.1) is 12.6 Å². The first-order chi connectivity index (χ1) is 4.31. The lowest BCUT2D eigenvalue weighted by Gasteiger charge is -1.99. The summed E-state index contributed by atoms with van der Waals surface area (Å²) in [5.74, 6) is 0. The molecule has 0 bridgehead atoms. The molecule has 0 fully saturated rings. The summed E-state index contributed by atoms with van der Waals surface area (Å²) < 4.78 is 0. The molecular formula is C6H15N2O+. The lowest BCUT2D eigenvalue weighted by Crippen LogP contribution is -2.50. The summed E-state index contributed by atoms with van der Waals surface area (Å²) in [7, 11) is 0. The van der Waals surface area contributed by atoms with Crippen LogP contribution in [-0.2, 0) is 4.79 Å². The maximum atomic E-state index is 9.96. The van der Waals surface area contributed by atoms with Crippen LogP contribution >= 0.6 is 0 Å². The van der Waals surface area contributed by atoms with Gasteiger partial charge in [-0.05, 0) is 19.3 Å². The fraction of sp³-hybridized carbons (Fsp3) is 0.833. The number of nitrogens with two attached hydrogens (primary N) is 1. The van der Waals surface area contributed by atoms with E-state index in [0.29, 0.717) is 0 Å². The topological polar surface area (TPSA) is 70.7 Å². The molecular weight excluding hydrogens is 116 g/mol. The second-order valence-electron chi connectivity index (χ2n) is 2.15. The SMILES string of the molecule is N[C@H](C=O)CCCC[NH3+]. The van der Waals surface area contributed by atoms with Crippen LogP contribution in [0.3, 0.4) is 0 Å². The molecule has 0 rings (SSSR count). The molecule has 0 radical (unpaired) electrons. The maximum absolute atomic E-state index is 9.96. The minimum absolute atomic E-state index is 0.253. The second-order valence-corrected chi connectivity index (χ2v) is 2.15. The Labute approximate surface area is 55.4 Å². The van der Waals surface area contributed by atoms with E-state index >= 15 is 0 Å². The first-order valence-electron chi connectivity index (χ1n) is 3.31. The van der Waals surface area contributed by atoms with Crippen molar-refractivity contribution in [2.75, 3.05) is 6.54 Å². The summed E-state index contributed by atoms with van der Waals surface area (Å²) in [6, 6.07) is -0.253. The van der Waals surface area contributed by atoms with Gasteiger partial charge in [-0.25, -0.2) is 0 Å². The van der Waals surface area contributed by atoms with Crippen LogP contribution in [0.2, 0.25) is 0 Å². The molecule has 3 nitrogen and oxygen atoms in total. The van der Waals surface area contributed by atoms with Crippen LogP contribution in [-0.4, -0.2) is 18.9 Å². The van der Waals surface area contributed by atoms with Crippen molar-refractivity contribution in [3.63, 3.8) is 0 Å². The minimum Gasteiger partial charge on any atom is -0.358 e. The molecule has 0 saturated carbocycles.